The highest BCUT2D eigenvalue weighted by atomic mass is 19.1. The van der Waals surface area contributed by atoms with Gasteiger partial charge < -0.3 is 14.2 Å². The zero-order valence-electron chi connectivity index (χ0n) is 15.4. The van der Waals surface area contributed by atoms with Crippen LogP contribution in [-0.2, 0) is 19.6 Å². The molecule has 0 N–H and O–H groups in total. The van der Waals surface area contributed by atoms with Crippen LogP contribution in [0, 0.1) is 12.7 Å². The Morgan fingerprint density at radius 1 is 1.18 bits per heavy atom. The molecule has 3 aromatic rings. The molecule has 0 unspecified atom stereocenters. The maximum atomic E-state index is 13.8. The fourth-order valence-corrected chi connectivity index (χ4v) is 3.11. The number of carbonyl (C=O) groups is 1. The molecule has 0 atom stereocenters. The summed E-state index contributed by atoms with van der Waals surface area (Å²) in [6, 6.07) is 4.58. The van der Waals surface area contributed by atoms with Gasteiger partial charge in [-0.2, -0.15) is 0 Å². The highest BCUT2D eigenvalue weighted by Crippen LogP contribution is 2.16. The number of rotatable bonds is 4. The van der Waals surface area contributed by atoms with Gasteiger partial charge in [0, 0.05) is 31.6 Å². The van der Waals surface area contributed by atoms with Gasteiger partial charge in [-0.3, -0.25) is 4.79 Å². The van der Waals surface area contributed by atoms with Crippen molar-refractivity contribution >= 4 is 5.91 Å². The van der Waals surface area contributed by atoms with E-state index in [-0.39, 0.29) is 18.3 Å². The van der Waals surface area contributed by atoms with Gasteiger partial charge in [-0.25, -0.2) is 14.4 Å². The highest BCUT2D eigenvalue weighted by molar-refractivity contribution is 5.94. The normalized spacial score (nSPS) is 13.7. The quantitative estimate of drug-likeness (QED) is 0.684. The van der Waals surface area contributed by atoms with Gasteiger partial charge in [-0.15, -0.1) is 10.2 Å². The summed E-state index contributed by atoms with van der Waals surface area (Å²) in [7, 11) is 0. The van der Waals surface area contributed by atoms with Crippen molar-refractivity contribution in [3.05, 3.63) is 65.5 Å². The molecule has 0 aliphatic carbocycles. The lowest BCUT2D eigenvalue weighted by Crippen LogP contribution is -2.33. The highest BCUT2D eigenvalue weighted by Gasteiger charge is 2.23. The molecule has 0 spiro atoms. The third kappa shape index (κ3) is 3.68. The second-order valence-corrected chi connectivity index (χ2v) is 6.55. The van der Waals surface area contributed by atoms with Crippen LogP contribution in [0.4, 0.5) is 4.39 Å². The molecule has 2 aromatic heterocycles. The first kappa shape index (κ1) is 18.0. The Labute approximate surface area is 161 Å². The number of benzene rings is 1. The molecule has 9 heteroatoms. The molecule has 4 rings (SSSR count). The summed E-state index contributed by atoms with van der Waals surface area (Å²) in [6.45, 7) is 3.44. The molecular weight excluding hydrogens is 363 g/mol. The Morgan fingerprint density at radius 2 is 2.00 bits per heavy atom. The summed E-state index contributed by atoms with van der Waals surface area (Å²) in [6.07, 6.45) is 5.16. The van der Waals surface area contributed by atoms with Crippen molar-refractivity contribution in [1.29, 1.82) is 0 Å². The van der Waals surface area contributed by atoms with Gasteiger partial charge in [0.2, 0.25) is 0 Å². The van der Waals surface area contributed by atoms with E-state index in [0.717, 1.165) is 5.82 Å². The number of amides is 1. The molecule has 0 saturated carbocycles. The lowest BCUT2D eigenvalue weighted by Gasteiger charge is -2.20. The van der Waals surface area contributed by atoms with Crippen LogP contribution in [0.2, 0.25) is 0 Å². The number of carbonyl (C=O) groups excluding carboxylic acids is 1. The van der Waals surface area contributed by atoms with Crippen molar-refractivity contribution in [1.82, 2.24) is 29.6 Å². The molecule has 1 aromatic carbocycles. The van der Waals surface area contributed by atoms with Crippen molar-refractivity contribution in [2.24, 2.45) is 0 Å². The van der Waals surface area contributed by atoms with Crippen LogP contribution >= 0.6 is 0 Å². The van der Waals surface area contributed by atoms with Crippen LogP contribution < -0.4 is 4.74 Å². The van der Waals surface area contributed by atoms with E-state index < -0.39 is 0 Å². The van der Waals surface area contributed by atoms with Crippen molar-refractivity contribution in [3.8, 4) is 5.75 Å². The van der Waals surface area contributed by atoms with Crippen molar-refractivity contribution in [3.63, 3.8) is 0 Å². The maximum Gasteiger partial charge on any atom is 0.254 e. The molecule has 1 aliphatic heterocycles. The van der Waals surface area contributed by atoms with Gasteiger partial charge in [0.1, 0.15) is 24.6 Å². The molecule has 0 bridgehead atoms. The van der Waals surface area contributed by atoms with Gasteiger partial charge in [0.05, 0.1) is 12.4 Å². The minimum absolute atomic E-state index is 0.183. The largest absolute Gasteiger partial charge is 0.482 e. The zero-order valence-corrected chi connectivity index (χ0v) is 15.4. The van der Waals surface area contributed by atoms with Crippen LogP contribution in [-0.4, -0.2) is 48.6 Å². The molecule has 28 heavy (non-hydrogen) atoms. The summed E-state index contributed by atoms with van der Waals surface area (Å²) in [4.78, 5) is 22.3. The number of nitrogens with zero attached hydrogens (tertiary/aromatic N) is 6. The summed E-state index contributed by atoms with van der Waals surface area (Å²) in [5, 5.41) is 8.42. The lowest BCUT2D eigenvalue weighted by molar-refractivity contribution is 0.0758. The summed E-state index contributed by atoms with van der Waals surface area (Å²) in [5.41, 5.74) is 0.875. The SMILES string of the molecule is Cc1ccc(C(=O)N2CCc3nnc(COc4cncnc4)n3CC2)cc1F. The number of ether oxygens (including phenoxy) is 1. The summed E-state index contributed by atoms with van der Waals surface area (Å²) in [5.74, 6) is 1.47. The topological polar surface area (TPSA) is 86.0 Å². The number of fused-ring (bicyclic) bond motifs is 1. The molecule has 0 fully saturated rings. The third-order valence-corrected chi connectivity index (χ3v) is 4.71. The van der Waals surface area contributed by atoms with Gasteiger partial charge in [0.15, 0.2) is 11.6 Å². The lowest BCUT2D eigenvalue weighted by atomic mass is 10.1. The standard InChI is InChI=1S/C19H19FN6O2/c1-13-2-3-14(8-16(13)20)19(27)25-5-4-17-23-24-18(26(17)7-6-25)11-28-15-9-21-12-22-10-15/h2-3,8-10,12H,4-7,11H2,1H3. The van der Waals surface area contributed by atoms with E-state index in [0.29, 0.717) is 48.8 Å². The molecule has 3 heterocycles. The monoisotopic (exact) mass is 382 g/mol. The second kappa shape index (κ2) is 7.71. The van der Waals surface area contributed by atoms with E-state index in [1.165, 1.54) is 12.4 Å². The van der Waals surface area contributed by atoms with E-state index in [4.69, 9.17) is 4.74 Å². The Balaban J connectivity index is 1.44. The first-order valence-electron chi connectivity index (χ1n) is 8.96. The number of aryl methyl sites for hydroxylation is 1. The van der Waals surface area contributed by atoms with Crippen LogP contribution in [0.5, 0.6) is 5.75 Å². The van der Waals surface area contributed by atoms with E-state index >= 15 is 0 Å². The molecule has 8 nitrogen and oxygen atoms in total. The molecule has 1 aliphatic rings. The van der Waals surface area contributed by atoms with E-state index in [1.54, 1.807) is 36.4 Å². The molecule has 1 amide bonds. The van der Waals surface area contributed by atoms with Crippen molar-refractivity contribution in [2.45, 2.75) is 26.5 Å². The second-order valence-electron chi connectivity index (χ2n) is 6.55. The van der Waals surface area contributed by atoms with Crippen LogP contribution in [0.25, 0.3) is 0 Å². The van der Waals surface area contributed by atoms with Gasteiger partial charge >= 0.3 is 0 Å². The molecule has 0 radical (unpaired) electrons. The van der Waals surface area contributed by atoms with Gasteiger partial charge in [0.25, 0.3) is 5.91 Å². The van der Waals surface area contributed by atoms with Crippen LogP contribution in [0.15, 0.2) is 36.9 Å². The minimum atomic E-state index is -0.373. The maximum absolute atomic E-state index is 13.8. The minimum Gasteiger partial charge on any atom is -0.482 e. The van der Waals surface area contributed by atoms with E-state index in [2.05, 4.69) is 20.2 Å². The Kier molecular flexibility index (Phi) is 4.96. The Morgan fingerprint density at radius 3 is 2.79 bits per heavy atom. The Hall–Kier alpha value is -3.36. The number of halogens is 1. The van der Waals surface area contributed by atoms with Gasteiger partial charge in [-0.05, 0) is 24.6 Å². The third-order valence-electron chi connectivity index (χ3n) is 4.71. The number of hydrogen-bond donors (Lipinski definition) is 0. The fourth-order valence-electron chi connectivity index (χ4n) is 3.11. The predicted molar refractivity (Wildman–Crippen MR) is 97.1 cm³/mol. The average molecular weight is 382 g/mol. The number of hydrogen-bond acceptors (Lipinski definition) is 6. The van der Waals surface area contributed by atoms with Gasteiger partial charge in [-0.1, -0.05) is 6.07 Å². The zero-order chi connectivity index (χ0) is 19.5. The summed E-state index contributed by atoms with van der Waals surface area (Å²) < 4.78 is 21.4. The van der Waals surface area contributed by atoms with Crippen molar-refractivity contribution < 1.29 is 13.9 Å². The molecule has 144 valence electrons. The predicted octanol–water partition coefficient (Wildman–Crippen LogP) is 1.79. The van der Waals surface area contributed by atoms with Crippen LogP contribution in [0.1, 0.15) is 27.6 Å². The Bertz CT molecular complexity index is 991. The average Bonchev–Trinajstić information content (AvgIpc) is 2.98. The van der Waals surface area contributed by atoms with E-state index in [9.17, 15) is 9.18 Å². The first-order valence-corrected chi connectivity index (χ1v) is 8.96. The smallest absolute Gasteiger partial charge is 0.254 e. The van der Waals surface area contributed by atoms with Crippen LogP contribution in [0.3, 0.4) is 0 Å². The molecular formula is C19H19FN6O2. The fraction of sp³-hybridized carbons (Fsp3) is 0.316. The first-order chi connectivity index (χ1) is 13.6. The summed E-state index contributed by atoms with van der Waals surface area (Å²) >= 11 is 0. The number of aromatic nitrogens is 5. The molecule has 0 saturated heterocycles. The van der Waals surface area contributed by atoms with Crippen molar-refractivity contribution in [2.75, 3.05) is 13.1 Å². The van der Waals surface area contributed by atoms with E-state index in [1.807, 2.05) is 4.57 Å².